The number of nitrogens with two attached hydrogens (primary N) is 1. The summed E-state index contributed by atoms with van der Waals surface area (Å²) in [6.45, 7) is 4.69. The van der Waals surface area contributed by atoms with Crippen molar-refractivity contribution in [3.05, 3.63) is 29.8 Å². The van der Waals surface area contributed by atoms with Crippen LogP contribution >= 0.6 is 0 Å². The Morgan fingerprint density at radius 3 is 2.65 bits per heavy atom. The van der Waals surface area contributed by atoms with Crippen LogP contribution in [0.3, 0.4) is 0 Å². The van der Waals surface area contributed by atoms with Crippen LogP contribution < -0.4 is 11.1 Å². The maximum Gasteiger partial charge on any atom is 0.221 e. The number of hydrogen-bond donors (Lipinski definition) is 3. The van der Waals surface area contributed by atoms with E-state index in [9.17, 15) is 9.90 Å². The Balaban J connectivity index is 2.73. The lowest BCUT2D eigenvalue weighted by molar-refractivity contribution is -0.117. The highest BCUT2D eigenvalue weighted by Crippen LogP contribution is 2.19. The van der Waals surface area contributed by atoms with E-state index in [2.05, 4.69) is 5.32 Å². The van der Waals surface area contributed by atoms with E-state index in [1.54, 1.807) is 0 Å². The number of hydrogen-bond acceptors (Lipinski definition) is 3. The summed E-state index contributed by atoms with van der Waals surface area (Å²) in [6, 6.07) is 7.56. The number of amides is 1. The molecule has 0 radical (unpaired) electrons. The van der Waals surface area contributed by atoms with E-state index in [-0.39, 0.29) is 24.3 Å². The van der Waals surface area contributed by atoms with Crippen LogP contribution in [0.2, 0.25) is 0 Å². The van der Waals surface area contributed by atoms with Crippen molar-refractivity contribution in [2.45, 2.75) is 20.3 Å². The van der Waals surface area contributed by atoms with Crippen molar-refractivity contribution in [2.75, 3.05) is 18.5 Å². The summed E-state index contributed by atoms with van der Waals surface area (Å²) in [6.07, 6.45) is 0.225. The molecule has 4 nitrogen and oxygen atoms in total. The van der Waals surface area contributed by atoms with Gasteiger partial charge in [0.05, 0.1) is 6.42 Å². The van der Waals surface area contributed by atoms with Gasteiger partial charge in [-0.3, -0.25) is 4.79 Å². The Morgan fingerprint density at radius 2 is 2.06 bits per heavy atom. The minimum absolute atomic E-state index is 0.109. The zero-order chi connectivity index (χ0) is 12.9. The van der Waals surface area contributed by atoms with E-state index < -0.39 is 0 Å². The summed E-state index contributed by atoms with van der Waals surface area (Å²) >= 11 is 0. The fraction of sp³-hybridized carbons (Fsp3) is 0.462. The van der Waals surface area contributed by atoms with Gasteiger partial charge in [-0.05, 0) is 11.6 Å². The van der Waals surface area contributed by atoms with Crippen LogP contribution in [0.4, 0.5) is 5.69 Å². The van der Waals surface area contributed by atoms with E-state index >= 15 is 0 Å². The van der Waals surface area contributed by atoms with Gasteiger partial charge in [-0.1, -0.05) is 32.0 Å². The van der Waals surface area contributed by atoms with Crippen molar-refractivity contribution in [1.82, 2.24) is 0 Å². The number of anilines is 1. The van der Waals surface area contributed by atoms with E-state index in [1.807, 2.05) is 38.1 Å². The summed E-state index contributed by atoms with van der Waals surface area (Å²) < 4.78 is 0. The minimum Gasteiger partial charge on any atom is -0.396 e. The van der Waals surface area contributed by atoms with Crippen LogP contribution in [0, 0.1) is 5.41 Å². The number of primary amides is 1. The molecule has 1 rings (SSSR count). The van der Waals surface area contributed by atoms with E-state index in [4.69, 9.17) is 5.73 Å². The normalized spacial score (nSPS) is 11.2. The van der Waals surface area contributed by atoms with Crippen LogP contribution in [-0.2, 0) is 11.2 Å². The molecule has 0 aliphatic rings. The third-order valence-corrected chi connectivity index (χ3v) is 2.57. The largest absolute Gasteiger partial charge is 0.396 e. The Bertz CT molecular complexity index is 389. The van der Waals surface area contributed by atoms with Crippen molar-refractivity contribution in [3.63, 3.8) is 0 Å². The predicted octanol–water partition coefficient (Wildman–Crippen LogP) is 1.14. The number of aliphatic hydroxyl groups is 1. The van der Waals surface area contributed by atoms with Gasteiger partial charge >= 0.3 is 0 Å². The summed E-state index contributed by atoms with van der Waals surface area (Å²) in [5.74, 6) is -0.347. The van der Waals surface area contributed by atoms with Crippen LogP contribution in [0.25, 0.3) is 0 Å². The molecule has 4 N–H and O–H groups in total. The Morgan fingerprint density at radius 1 is 1.41 bits per heavy atom. The number of carbonyl (C=O) groups excluding carboxylic acids is 1. The highest BCUT2D eigenvalue weighted by atomic mass is 16.3. The fourth-order valence-electron chi connectivity index (χ4n) is 1.43. The van der Waals surface area contributed by atoms with Crippen LogP contribution in [-0.4, -0.2) is 24.2 Å². The second-order valence-electron chi connectivity index (χ2n) is 4.98. The zero-order valence-corrected chi connectivity index (χ0v) is 10.4. The standard InChI is InChI=1S/C13H20N2O2/c1-13(2,9-16)8-15-11-6-4-3-5-10(11)7-12(14)17/h3-6,15-16H,7-9H2,1-2H3,(H2,14,17). The van der Waals surface area contributed by atoms with Crippen LogP contribution in [0.1, 0.15) is 19.4 Å². The quantitative estimate of drug-likeness (QED) is 0.693. The summed E-state index contributed by atoms with van der Waals surface area (Å²) in [5, 5.41) is 12.4. The van der Waals surface area contributed by atoms with Gasteiger partial charge in [0, 0.05) is 24.3 Å². The first-order valence-electron chi connectivity index (χ1n) is 5.65. The average molecular weight is 236 g/mol. The number of benzene rings is 1. The first-order chi connectivity index (χ1) is 7.94. The van der Waals surface area contributed by atoms with Crippen molar-refractivity contribution >= 4 is 11.6 Å². The summed E-state index contributed by atoms with van der Waals surface area (Å²) in [4.78, 5) is 10.9. The first kappa shape index (κ1) is 13.5. The Kier molecular flexibility index (Phi) is 4.52. The molecular weight excluding hydrogens is 216 g/mol. The second kappa shape index (κ2) is 5.68. The van der Waals surface area contributed by atoms with Crippen LogP contribution in [0.15, 0.2) is 24.3 Å². The molecule has 0 saturated heterocycles. The molecule has 0 heterocycles. The molecule has 0 atom stereocenters. The molecule has 0 bridgehead atoms. The maximum atomic E-state index is 10.9. The van der Waals surface area contributed by atoms with Gasteiger partial charge in [-0.25, -0.2) is 0 Å². The van der Waals surface area contributed by atoms with Gasteiger partial charge in [0.1, 0.15) is 0 Å². The van der Waals surface area contributed by atoms with Gasteiger partial charge in [0.15, 0.2) is 0 Å². The number of aliphatic hydroxyl groups excluding tert-OH is 1. The maximum absolute atomic E-state index is 10.9. The topological polar surface area (TPSA) is 75.3 Å². The molecule has 0 spiro atoms. The molecule has 4 heteroatoms. The molecule has 1 aromatic rings. The van der Waals surface area contributed by atoms with Gasteiger partial charge in [0.2, 0.25) is 5.91 Å². The van der Waals surface area contributed by atoms with Gasteiger partial charge in [-0.15, -0.1) is 0 Å². The van der Waals surface area contributed by atoms with Crippen molar-refractivity contribution in [1.29, 1.82) is 0 Å². The van der Waals surface area contributed by atoms with Crippen molar-refractivity contribution < 1.29 is 9.90 Å². The number of nitrogens with one attached hydrogen (secondary N) is 1. The lowest BCUT2D eigenvalue weighted by atomic mass is 9.94. The van der Waals surface area contributed by atoms with Crippen molar-refractivity contribution in [3.8, 4) is 0 Å². The molecule has 0 aromatic heterocycles. The lowest BCUT2D eigenvalue weighted by Crippen LogP contribution is -2.27. The molecule has 0 fully saturated rings. The molecule has 0 saturated carbocycles. The molecule has 17 heavy (non-hydrogen) atoms. The van der Waals surface area contributed by atoms with Crippen LogP contribution in [0.5, 0.6) is 0 Å². The van der Waals surface area contributed by atoms with E-state index in [1.165, 1.54) is 0 Å². The number of rotatable bonds is 6. The molecule has 0 unspecified atom stereocenters. The SMILES string of the molecule is CC(C)(CO)CNc1ccccc1CC(N)=O. The molecule has 1 amide bonds. The zero-order valence-electron chi connectivity index (χ0n) is 10.4. The number of para-hydroxylation sites is 1. The van der Waals surface area contributed by atoms with Gasteiger partial charge in [-0.2, -0.15) is 0 Å². The molecule has 94 valence electrons. The minimum atomic E-state index is -0.347. The smallest absolute Gasteiger partial charge is 0.221 e. The fourth-order valence-corrected chi connectivity index (χ4v) is 1.43. The molecule has 1 aromatic carbocycles. The predicted molar refractivity (Wildman–Crippen MR) is 68.7 cm³/mol. The monoisotopic (exact) mass is 236 g/mol. The first-order valence-corrected chi connectivity index (χ1v) is 5.65. The lowest BCUT2D eigenvalue weighted by Gasteiger charge is -2.23. The molecule has 0 aliphatic heterocycles. The van der Waals surface area contributed by atoms with Crippen molar-refractivity contribution in [2.24, 2.45) is 11.1 Å². The van der Waals surface area contributed by atoms with E-state index in [0.717, 1.165) is 11.3 Å². The third kappa shape index (κ3) is 4.44. The Hall–Kier alpha value is -1.55. The summed E-state index contributed by atoms with van der Waals surface area (Å²) in [7, 11) is 0. The second-order valence-corrected chi connectivity index (χ2v) is 4.98. The highest BCUT2D eigenvalue weighted by molar-refractivity contribution is 5.78. The number of carbonyl (C=O) groups is 1. The van der Waals surface area contributed by atoms with E-state index in [0.29, 0.717) is 6.54 Å². The third-order valence-electron chi connectivity index (χ3n) is 2.57. The molecule has 0 aliphatic carbocycles. The van der Waals surface area contributed by atoms with Gasteiger partial charge < -0.3 is 16.2 Å². The molecular formula is C13H20N2O2. The Labute approximate surface area is 102 Å². The average Bonchev–Trinajstić information content (AvgIpc) is 2.27. The van der Waals surface area contributed by atoms with Gasteiger partial charge in [0.25, 0.3) is 0 Å². The highest BCUT2D eigenvalue weighted by Gasteiger charge is 2.16. The summed E-state index contributed by atoms with van der Waals surface area (Å²) in [5.41, 5.74) is 6.78.